The quantitative estimate of drug-likeness (QED) is 0.473. The van der Waals surface area contributed by atoms with Crippen LogP contribution in [0.3, 0.4) is 0 Å². The second kappa shape index (κ2) is 5.95. The molecule has 0 amide bonds. The smallest absolute Gasteiger partial charge is 0.359 e. The van der Waals surface area contributed by atoms with E-state index >= 15 is 0 Å². The molecule has 108 valence electrons. The van der Waals surface area contributed by atoms with Crippen molar-refractivity contribution in [2.45, 2.75) is 6.61 Å². The van der Waals surface area contributed by atoms with Crippen LogP contribution in [0.15, 0.2) is 41.2 Å². The van der Waals surface area contributed by atoms with Crippen molar-refractivity contribution in [3.63, 3.8) is 0 Å². The Morgan fingerprint density at radius 1 is 1.33 bits per heavy atom. The first-order chi connectivity index (χ1) is 9.99. The average Bonchev–Trinajstić information content (AvgIpc) is 2.47. The number of carbonyl (C=O) groups excluding carboxylic acids is 1. The number of carbonyl (C=O) groups is 1. The highest BCUT2D eigenvalue weighted by Gasteiger charge is 2.16. The molecule has 0 fully saturated rings. The van der Waals surface area contributed by atoms with Gasteiger partial charge in [0.1, 0.15) is 6.61 Å². The van der Waals surface area contributed by atoms with Gasteiger partial charge in [0, 0.05) is 19.2 Å². The lowest BCUT2D eigenvalue weighted by Crippen LogP contribution is -2.21. The zero-order valence-corrected chi connectivity index (χ0v) is 11.1. The molecule has 0 radical (unpaired) electrons. The van der Waals surface area contributed by atoms with Crippen LogP contribution >= 0.6 is 0 Å². The third-order valence-corrected chi connectivity index (χ3v) is 2.72. The van der Waals surface area contributed by atoms with Crippen molar-refractivity contribution >= 4 is 11.7 Å². The summed E-state index contributed by atoms with van der Waals surface area (Å²) in [4.78, 5) is 33.2. The van der Waals surface area contributed by atoms with Crippen LogP contribution in [0.4, 0.5) is 5.69 Å². The van der Waals surface area contributed by atoms with Gasteiger partial charge in [0.2, 0.25) is 0 Å². The van der Waals surface area contributed by atoms with Crippen molar-refractivity contribution < 1.29 is 14.5 Å². The number of nitro benzene ring substituents is 1. The number of esters is 1. The molecule has 0 saturated carbocycles. The average molecular weight is 289 g/mol. The van der Waals surface area contributed by atoms with Gasteiger partial charge in [-0.3, -0.25) is 14.9 Å². The van der Waals surface area contributed by atoms with E-state index in [1.807, 2.05) is 0 Å². The normalized spacial score (nSPS) is 10.1. The molecule has 1 aromatic carbocycles. The molecule has 0 aliphatic heterocycles. The first kappa shape index (κ1) is 14.4. The number of rotatable bonds is 4. The van der Waals surface area contributed by atoms with E-state index in [1.54, 1.807) is 6.07 Å². The molecule has 0 saturated heterocycles. The largest absolute Gasteiger partial charge is 0.456 e. The van der Waals surface area contributed by atoms with Gasteiger partial charge < -0.3 is 4.74 Å². The summed E-state index contributed by atoms with van der Waals surface area (Å²) in [6.07, 6.45) is 0. The fourth-order valence-corrected chi connectivity index (χ4v) is 1.64. The van der Waals surface area contributed by atoms with Gasteiger partial charge in [0.05, 0.1) is 10.5 Å². The molecule has 2 aromatic rings. The van der Waals surface area contributed by atoms with Gasteiger partial charge in [-0.2, -0.15) is 5.10 Å². The van der Waals surface area contributed by atoms with Crippen molar-refractivity contribution in [2.24, 2.45) is 7.05 Å². The van der Waals surface area contributed by atoms with E-state index < -0.39 is 10.9 Å². The van der Waals surface area contributed by atoms with Crippen molar-refractivity contribution in [3.05, 3.63) is 68.1 Å². The maximum absolute atomic E-state index is 11.8. The summed E-state index contributed by atoms with van der Waals surface area (Å²) in [6, 6.07) is 8.39. The second-order valence-corrected chi connectivity index (χ2v) is 4.14. The van der Waals surface area contributed by atoms with Crippen molar-refractivity contribution in [2.75, 3.05) is 0 Å². The Balaban J connectivity index is 2.13. The van der Waals surface area contributed by atoms with E-state index in [1.165, 1.54) is 37.4 Å². The minimum absolute atomic E-state index is 0.0457. The van der Waals surface area contributed by atoms with E-state index in [9.17, 15) is 19.7 Å². The fraction of sp³-hybridized carbons (Fsp3) is 0.154. The van der Waals surface area contributed by atoms with Crippen LogP contribution in [-0.4, -0.2) is 20.7 Å². The molecule has 0 N–H and O–H groups in total. The number of ether oxygens (including phenoxy) is 1. The number of hydrogen-bond donors (Lipinski definition) is 0. The van der Waals surface area contributed by atoms with E-state index in [-0.39, 0.29) is 29.1 Å². The highest BCUT2D eigenvalue weighted by molar-refractivity contribution is 5.86. The number of para-hydroxylation sites is 1. The van der Waals surface area contributed by atoms with Gasteiger partial charge in [0.25, 0.3) is 11.2 Å². The molecule has 0 unspecified atom stereocenters. The SMILES string of the molecule is Cn1nc(C(=O)OCc2ccccc2[N+](=O)[O-])ccc1=O. The Labute approximate surface area is 118 Å². The van der Waals surface area contributed by atoms with Crippen LogP contribution < -0.4 is 5.56 Å². The van der Waals surface area contributed by atoms with Crippen molar-refractivity contribution in [1.82, 2.24) is 9.78 Å². The minimum atomic E-state index is -0.760. The van der Waals surface area contributed by atoms with E-state index in [2.05, 4.69) is 5.10 Å². The standard InChI is InChI=1S/C13H11N3O5/c1-15-12(17)7-6-10(14-15)13(18)21-8-9-4-2-3-5-11(9)16(19)20/h2-7H,8H2,1H3. The van der Waals surface area contributed by atoms with Crippen LogP contribution in [0.25, 0.3) is 0 Å². The Bertz CT molecular complexity index is 753. The van der Waals surface area contributed by atoms with Gasteiger partial charge in [-0.05, 0) is 12.1 Å². The third kappa shape index (κ3) is 3.30. The van der Waals surface area contributed by atoms with Crippen LogP contribution in [0, 0.1) is 10.1 Å². The van der Waals surface area contributed by atoms with Gasteiger partial charge >= 0.3 is 5.97 Å². The van der Waals surface area contributed by atoms with Gasteiger partial charge in [-0.25, -0.2) is 9.48 Å². The summed E-state index contributed by atoms with van der Waals surface area (Å²) in [5.41, 5.74) is -0.250. The molecule has 0 aliphatic rings. The Morgan fingerprint density at radius 3 is 2.71 bits per heavy atom. The van der Waals surface area contributed by atoms with Crippen LogP contribution in [-0.2, 0) is 18.4 Å². The van der Waals surface area contributed by atoms with Crippen LogP contribution in [0.5, 0.6) is 0 Å². The molecule has 21 heavy (non-hydrogen) atoms. The summed E-state index contributed by atoms with van der Waals surface area (Å²) in [7, 11) is 1.40. The van der Waals surface area contributed by atoms with Crippen LogP contribution in [0.2, 0.25) is 0 Å². The number of benzene rings is 1. The summed E-state index contributed by atoms with van der Waals surface area (Å²) >= 11 is 0. The van der Waals surface area contributed by atoms with E-state index in [0.717, 1.165) is 4.68 Å². The molecular formula is C13H11N3O5. The molecule has 0 aliphatic carbocycles. The van der Waals surface area contributed by atoms with Crippen LogP contribution in [0.1, 0.15) is 16.1 Å². The summed E-state index contributed by atoms with van der Waals surface area (Å²) in [5, 5.41) is 14.6. The Kier molecular flexibility index (Phi) is 4.07. The first-order valence-corrected chi connectivity index (χ1v) is 5.93. The summed E-state index contributed by atoms with van der Waals surface area (Å²) in [6.45, 7) is -0.249. The molecule has 0 spiro atoms. The zero-order chi connectivity index (χ0) is 15.4. The van der Waals surface area contributed by atoms with Crippen molar-refractivity contribution in [3.8, 4) is 0 Å². The maximum Gasteiger partial charge on any atom is 0.359 e. The molecule has 1 aromatic heterocycles. The lowest BCUT2D eigenvalue weighted by molar-refractivity contribution is -0.385. The summed E-state index contributed by atoms with van der Waals surface area (Å²) in [5.74, 6) is -0.760. The molecule has 8 nitrogen and oxygen atoms in total. The minimum Gasteiger partial charge on any atom is -0.456 e. The first-order valence-electron chi connectivity index (χ1n) is 5.93. The van der Waals surface area contributed by atoms with Gasteiger partial charge in [-0.15, -0.1) is 0 Å². The Morgan fingerprint density at radius 2 is 2.05 bits per heavy atom. The number of hydrogen-bond acceptors (Lipinski definition) is 6. The monoisotopic (exact) mass is 289 g/mol. The van der Waals surface area contributed by atoms with Gasteiger partial charge in [-0.1, -0.05) is 12.1 Å². The predicted octanol–water partition coefficient (Wildman–Crippen LogP) is 1.05. The number of nitrogens with zero attached hydrogens (tertiary/aromatic N) is 3. The molecule has 0 bridgehead atoms. The van der Waals surface area contributed by atoms with E-state index in [0.29, 0.717) is 0 Å². The number of aromatic nitrogens is 2. The topological polar surface area (TPSA) is 104 Å². The highest BCUT2D eigenvalue weighted by atomic mass is 16.6. The lowest BCUT2D eigenvalue weighted by atomic mass is 10.2. The van der Waals surface area contributed by atoms with Crippen molar-refractivity contribution in [1.29, 1.82) is 0 Å². The fourth-order valence-electron chi connectivity index (χ4n) is 1.64. The zero-order valence-electron chi connectivity index (χ0n) is 11.1. The Hall–Kier alpha value is -3.03. The predicted molar refractivity (Wildman–Crippen MR) is 71.7 cm³/mol. The highest BCUT2D eigenvalue weighted by Crippen LogP contribution is 2.18. The second-order valence-electron chi connectivity index (χ2n) is 4.14. The lowest BCUT2D eigenvalue weighted by Gasteiger charge is -2.05. The molecule has 2 rings (SSSR count). The van der Waals surface area contributed by atoms with E-state index in [4.69, 9.17) is 4.74 Å². The molecule has 0 atom stereocenters. The third-order valence-electron chi connectivity index (χ3n) is 2.72. The molecular weight excluding hydrogens is 278 g/mol. The number of nitro groups is 1. The molecule has 8 heteroatoms. The molecule has 1 heterocycles. The van der Waals surface area contributed by atoms with Gasteiger partial charge in [0.15, 0.2) is 5.69 Å². The maximum atomic E-state index is 11.8. The summed E-state index contributed by atoms with van der Waals surface area (Å²) < 4.78 is 5.98. The number of aryl methyl sites for hydroxylation is 1.